The highest BCUT2D eigenvalue weighted by Gasteiger charge is 2.09. The second kappa shape index (κ2) is 6.60. The van der Waals surface area contributed by atoms with Crippen LogP contribution in [0.4, 0.5) is 0 Å². The molecule has 2 heteroatoms. The zero-order valence-corrected chi connectivity index (χ0v) is 17.2. The van der Waals surface area contributed by atoms with Gasteiger partial charge in [0.2, 0.25) is 0 Å². The van der Waals surface area contributed by atoms with Crippen molar-refractivity contribution in [1.29, 1.82) is 0 Å². The quantitative estimate of drug-likeness (QED) is 0.276. The van der Waals surface area contributed by atoms with Gasteiger partial charge in [0.25, 0.3) is 0 Å². The van der Waals surface area contributed by atoms with Crippen molar-refractivity contribution >= 4 is 67.8 Å². The highest BCUT2D eigenvalue weighted by atomic mass is 16.3. The smallest absolute Gasteiger partial charge is 0.141 e. The minimum absolute atomic E-state index is 0.927. The fourth-order valence-corrected chi connectivity index (χ4v) is 4.91. The van der Waals surface area contributed by atoms with Gasteiger partial charge in [0.15, 0.2) is 0 Å². The van der Waals surface area contributed by atoms with Gasteiger partial charge in [-0.05, 0) is 56.6 Å². The van der Waals surface area contributed by atoms with Crippen LogP contribution in [0.5, 0.6) is 0 Å². The molecule has 8 rings (SSSR count). The molecule has 0 aliphatic heterocycles. The molecule has 2 aliphatic carbocycles. The molecule has 0 atom stereocenters. The van der Waals surface area contributed by atoms with Gasteiger partial charge in [-0.2, -0.15) is 0 Å². The molecule has 0 unspecified atom stereocenters. The molecule has 0 saturated carbocycles. The van der Waals surface area contributed by atoms with Gasteiger partial charge < -0.3 is 8.83 Å². The molecular weight excluding hydrogens is 392 g/mol. The van der Waals surface area contributed by atoms with E-state index in [2.05, 4.69) is 85.0 Å². The van der Waals surface area contributed by atoms with Crippen LogP contribution >= 0.6 is 0 Å². The maximum Gasteiger partial charge on any atom is 0.141 e. The van der Waals surface area contributed by atoms with E-state index in [4.69, 9.17) is 8.83 Å². The summed E-state index contributed by atoms with van der Waals surface area (Å²) in [6, 6.07) is 21.1. The third-order valence-corrected chi connectivity index (χ3v) is 6.46. The molecule has 2 nitrogen and oxygen atoms in total. The van der Waals surface area contributed by atoms with Crippen LogP contribution in [0.1, 0.15) is 11.1 Å². The van der Waals surface area contributed by atoms with E-state index in [9.17, 15) is 0 Å². The summed E-state index contributed by atoms with van der Waals surface area (Å²) in [5.74, 6) is 0. The van der Waals surface area contributed by atoms with Crippen LogP contribution < -0.4 is 10.4 Å². The van der Waals surface area contributed by atoms with Crippen molar-refractivity contribution in [3.63, 3.8) is 0 Å². The predicted octanol–water partition coefficient (Wildman–Crippen LogP) is 6.79. The minimum atomic E-state index is 0.927. The van der Waals surface area contributed by atoms with Crippen LogP contribution in [0.2, 0.25) is 0 Å². The van der Waals surface area contributed by atoms with E-state index >= 15 is 0 Å². The maximum atomic E-state index is 5.51. The van der Waals surface area contributed by atoms with Crippen molar-refractivity contribution in [2.24, 2.45) is 0 Å². The van der Waals surface area contributed by atoms with E-state index in [1.807, 2.05) is 12.1 Å². The van der Waals surface area contributed by atoms with Crippen LogP contribution in [-0.2, 0) is 0 Å². The Hall–Kier alpha value is -4.30. The average Bonchev–Trinajstić information content (AvgIpc) is 3.63. The molecule has 0 fully saturated rings. The van der Waals surface area contributed by atoms with Gasteiger partial charge >= 0.3 is 0 Å². The maximum absolute atomic E-state index is 5.51. The van der Waals surface area contributed by atoms with Crippen molar-refractivity contribution in [2.45, 2.75) is 0 Å². The lowest BCUT2D eigenvalue weighted by Gasteiger charge is -2.05. The first-order chi connectivity index (χ1) is 15.9. The fraction of sp³-hybridized carbons (Fsp3) is 0. The molecule has 2 aliphatic rings. The second-order valence-electron chi connectivity index (χ2n) is 8.19. The number of rotatable bonds is 0. The lowest BCUT2D eigenvalue weighted by molar-refractivity contribution is 0.616. The Balaban J connectivity index is 0.000000113. The van der Waals surface area contributed by atoms with Gasteiger partial charge in [-0.15, -0.1) is 0 Å². The largest absolute Gasteiger partial charge is 0.464 e. The Labute approximate surface area is 183 Å². The first-order valence-corrected chi connectivity index (χ1v) is 10.8. The Morgan fingerprint density at radius 3 is 1.41 bits per heavy atom. The molecule has 32 heavy (non-hydrogen) atoms. The number of fused-ring (bicyclic) bond motifs is 10. The molecule has 0 spiro atoms. The second-order valence-corrected chi connectivity index (χ2v) is 8.19. The highest BCUT2D eigenvalue weighted by Crippen LogP contribution is 2.32. The number of benzene rings is 4. The number of hydrogen-bond donors (Lipinski definition) is 0. The zero-order chi connectivity index (χ0) is 21.1. The molecule has 4 aromatic carbocycles. The summed E-state index contributed by atoms with van der Waals surface area (Å²) in [6.45, 7) is 0. The molecule has 0 radical (unpaired) electrons. The molecule has 6 aromatic rings. The van der Waals surface area contributed by atoms with Gasteiger partial charge in [0, 0.05) is 21.5 Å². The molecule has 2 heterocycles. The van der Waals surface area contributed by atoms with Crippen molar-refractivity contribution in [3.05, 3.63) is 107 Å². The highest BCUT2D eigenvalue weighted by molar-refractivity contribution is 6.13. The van der Waals surface area contributed by atoms with Gasteiger partial charge in [0.1, 0.15) is 11.2 Å². The van der Waals surface area contributed by atoms with Gasteiger partial charge in [-0.1, -0.05) is 72.9 Å². The van der Waals surface area contributed by atoms with Crippen molar-refractivity contribution in [1.82, 2.24) is 0 Å². The fourth-order valence-electron chi connectivity index (χ4n) is 4.91. The molecule has 0 saturated heterocycles. The monoisotopic (exact) mass is 410 g/mol. The Morgan fingerprint density at radius 1 is 0.438 bits per heavy atom. The van der Waals surface area contributed by atoms with Crippen molar-refractivity contribution in [2.75, 3.05) is 0 Å². The van der Waals surface area contributed by atoms with E-state index in [-0.39, 0.29) is 0 Å². The van der Waals surface area contributed by atoms with Gasteiger partial charge in [-0.3, -0.25) is 0 Å². The van der Waals surface area contributed by atoms with E-state index < -0.39 is 0 Å². The number of allylic oxidation sites excluding steroid dienone is 2. The lowest BCUT2D eigenvalue weighted by Crippen LogP contribution is -2.07. The molecular formula is C30H18O2. The molecule has 2 aromatic heterocycles. The summed E-state index contributed by atoms with van der Waals surface area (Å²) in [4.78, 5) is 0. The summed E-state index contributed by atoms with van der Waals surface area (Å²) in [7, 11) is 0. The topological polar surface area (TPSA) is 26.3 Å². The molecule has 150 valence electrons. The van der Waals surface area contributed by atoms with Crippen LogP contribution in [0.3, 0.4) is 0 Å². The predicted molar refractivity (Wildman–Crippen MR) is 134 cm³/mol. The Morgan fingerprint density at radius 2 is 0.906 bits per heavy atom. The lowest BCUT2D eigenvalue weighted by atomic mass is 9.99. The number of furan rings is 2. The molecule has 0 N–H and O–H groups in total. The minimum Gasteiger partial charge on any atom is -0.464 e. The third-order valence-electron chi connectivity index (χ3n) is 6.46. The number of hydrogen-bond acceptors (Lipinski definition) is 2. The SMILES string of the molecule is C1=Cc2c(ccc3c4c(ccc23)=CC=C4)=C1.c1cc2ccc3c(ccc4ccoc43)c2o1. The van der Waals surface area contributed by atoms with Crippen LogP contribution in [0.25, 0.3) is 67.8 Å². The summed E-state index contributed by atoms with van der Waals surface area (Å²) >= 11 is 0. The summed E-state index contributed by atoms with van der Waals surface area (Å²) < 4.78 is 11.0. The summed E-state index contributed by atoms with van der Waals surface area (Å²) in [6.07, 6.45) is 16.4. The van der Waals surface area contributed by atoms with E-state index in [1.54, 1.807) is 12.5 Å². The Kier molecular flexibility index (Phi) is 3.58. The van der Waals surface area contributed by atoms with Gasteiger partial charge in [-0.25, -0.2) is 0 Å². The molecule has 0 bridgehead atoms. The van der Waals surface area contributed by atoms with Crippen LogP contribution in [-0.4, -0.2) is 0 Å². The van der Waals surface area contributed by atoms with E-state index in [0.29, 0.717) is 0 Å². The van der Waals surface area contributed by atoms with E-state index in [1.165, 1.54) is 32.3 Å². The normalized spacial score (nSPS) is 13.2. The van der Waals surface area contributed by atoms with E-state index in [0.717, 1.165) is 32.7 Å². The van der Waals surface area contributed by atoms with Crippen LogP contribution in [0.15, 0.2) is 94.2 Å². The summed E-state index contributed by atoms with van der Waals surface area (Å²) in [5, 5.41) is 9.84. The van der Waals surface area contributed by atoms with Crippen LogP contribution in [0, 0.1) is 0 Å². The average molecular weight is 410 g/mol. The first kappa shape index (κ1) is 17.4. The third kappa shape index (κ3) is 2.47. The standard InChI is InChI=1S/C16H10.C14H8O2/c1-3-11-7-9-16-14-6-2-4-12(14)8-10-15(16)13(11)5-1;1-3-11-12(13-9(1)5-7-15-13)4-2-10-6-8-16-14(10)11/h1-10H;1-8H. The first-order valence-electron chi connectivity index (χ1n) is 10.8. The Bertz CT molecular complexity index is 1730. The zero-order valence-electron chi connectivity index (χ0n) is 17.2. The summed E-state index contributed by atoms with van der Waals surface area (Å²) in [5.41, 5.74) is 4.58. The van der Waals surface area contributed by atoms with Crippen molar-refractivity contribution < 1.29 is 8.83 Å². The van der Waals surface area contributed by atoms with Crippen molar-refractivity contribution in [3.8, 4) is 0 Å². The molecule has 0 amide bonds. The van der Waals surface area contributed by atoms with Gasteiger partial charge in [0.05, 0.1) is 12.5 Å².